The van der Waals surface area contributed by atoms with Gasteiger partial charge >= 0.3 is 6.03 Å². The molecule has 0 aliphatic carbocycles. The highest BCUT2D eigenvalue weighted by Crippen LogP contribution is 2.21. The van der Waals surface area contributed by atoms with Crippen LogP contribution in [0.5, 0.6) is 0 Å². The van der Waals surface area contributed by atoms with Gasteiger partial charge in [-0.2, -0.15) is 0 Å². The number of carbonyl (C=O) groups is 2. The molecule has 0 unspecified atom stereocenters. The fraction of sp³-hybridized carbons (Fsp3) is 0.292. The van der Waals surface area contributed by atoms with E-state index < -0.39 is 11.6 Å². The molecule has 3 amide bonds. The third-order valence-electron chi connectivity index (χ3n) is 5.57. The Hall–Kier alpha value is -3.95. The molecule has 34 heavy (non-hydrogen) atoms. The predicted molar refractivity (Wildman–Crippen MR) is 124 cm³/mol. The van der Waals surface area contributed by atoms with Crippen LogP contribution in [0.3, 0.4) is 0 Å². The number of rotatable bonds is 4. The van der Waals surface area contributed by atoms with E-state index in [-0.39, 0.29) is 42.5 Å². The second-order valence-electron chi connectivity index (χ2n) is 7.75. The number of pyridine rings is 1. The highest BCUT2D eigenvalue weighted by Gasteiger charge is 2.28. The number of nitrogens with zero attached hydrogens (tertiary/aromatic N) is 5. The Morgan fingerprint density at radius 1 is 1.06 bits per heavy atom. The van der Waals surface area contributed by atoms with Gasteiger partial charge in [-0.3, -0.25) is 20.1 Å². The average Bonchev–Trinajstić information content (AvgIpc) is 2.83. The quantitative estimate of drug-likeness (QED) is 0.619. The van der Waals surface area contributed by atoms with Gasteiger partial charge in [-0.15, -0.1) is 0 Å². The Balaban J connectivity index is 0.00000324. The molecule has 8 nitrogen and oxygen atoms in total. The second-order valence-corrected chi connectivity index (χ2v) is 7.75. The first-order chi connectivity index (χ1) is 15.9. The maximum absolute atomic E-state index is 13.4. The molecule has 0 saturated carbocycles. The number of hydrogen-bond acceptors (Lipinski definition) is 5. The van der Waals surface area contributed by atoms with Gasteiger partial charge in [0.2, 0.25) is 0 Å². The number of nitrogens with one attached hydrogen (secondary N) is 1. The van der Waals surface area contributed by atoms with Gasteiger partial charge in [-0.1, -0.05) is 7.43 Å². The first-order valence-electron chi connectivity index (χ1n) is 10.4. The van der Waals surface area contributed by atoms with Crippen molar-refractivity contribution in [3.8, 4) is 11.3 Å². The zero-order valence-corrected chi connectivity index (χ0v) is 17.9. The summed E-state index contributed by atoms with van der Waals surface area (Å²) in [4.78, 5) is 40.8. The lowest BCUT2D eigenvalue weighted by molar-refractivity contribution is 0.0671. The van der Waals surface area contributed by atoms with Crippen molar-refractivity contribution in [2.75, 3.05) is 25.5 Å². The third-order valence-corrected chi connectivity index (χ3v) is 5.57. The second kappa shape index (κ2) is 10.8. The molecule has 3 aromatic rings. The Morgan fingerprint density at radius 2 is 1.76 bits per heavy atom. The van der Waals surface area contributed by atoms with Gasteiger partial charge in [0.05, 0.1) is 23.7 Å². The van der Waals surface area contributed by atoms with E-state index >= 15 is 0 Å². The van der Waals surface area contributed by atoms with Gasteiger partial charge in [0.25, 0.3) is 5.91 Å². The summed E-state index contributed by atoms with van der Waals surface area (Å²) in [6.07, 6.45) is 7.13. The van der Waals surface area contributed by atoms with Crippen molar-refractivity contribution < 1.29 is 18.4 Å². The van der Waals surface area contributed by atoms with Gasteiger partial charge < -0.3 is 9.80 Å². The molecule has 2 aromatic heterocycles. The molecule has 1 aromatic carbocycles. The highest BCUT2D eigenvalue weighted by atomic mass is 19.1. The molecule has 1 fully saturated rings. The highest BCUT2D eigenvalue weighted by molar-refractivity contribution is 5.94. The van der Waals surface area contributed by atoms with Crippen LogP contribution in [-0.2, 0) is 0 Å². The standard InChI is InChI=1S/C23H22F2N6O2.CH4/c1-30(19-4-7-31(8-5-19)22(32)15-3-2-6-26-12-15)23(33)29-21-14-27-20(13-28-21)16-9-17(24)11-18(25)10-16;/h2-3,6,9-14,19H,4-5,7-8H2,1H3,(H,28,29,33);1H4. The fourth-order valence-electron chi connectivity index (χ4n) is 3.74. The van der Waals surface area contributed by atoms with Gasteiger partial charge in [0.1, 0.15) is 11.6 Å². The molecular weight excluding hydrogens is 442 g/mol. The third kappa shape index (κ3) is 5.69. The Bertz CT molecular complexity index is 1120. The molecule has 3 heterocycles. The van der Waals surface area contributed by atoms with Crippen molar-refractivity contribution >= 4 is 17.8 Å². The van der Waals surface area contributed by atoms with Crippen molar-refractivity contribution in [1.29, 1.82) is 0 Å². The topological polar surface area (TPSA) is 91.3 Å². The number of hydrogen-bond donors (Lipinski definition) is 1. The number of piperidine rings is 1. The number of aromatic nitrogens is 3. The normalized spacial score (nSPS) is 13.7. The monoisotopic (exact) mass is 468 g/mol. The minimum atomic E-state index is -0.709. The van der Waals surface area contributed by atoms with Crippen molar-refractivity contribution in [3.05, 3.63) is 72.3 Å². The first kappa shape index (κ1) is 24.7. The lowest BCUT2D eigenvalue weighted by Gasteiger charge is -2.36. The number of carbonyl (C=O) groups excluding carboxylic acids is 2. The van der Waals surface area contributed by atoms with Crippen molar-refractivity contribution in [3.63, 3.8) is 0 Å². The summed E-state index contributed by atoms with van der Waals surface area (Å²) in [6, 6.07) is 6.16. The van der Waals surface area contributed by atoms with Crippen LogP contribution in [0.2, 0.25) is 0 Å². The molecule has 1 N–H and O–H groups in total. The summed E-state index contributed by atoms with van der Waals surface area (Å²) in [5.41, 5.74) is 1.08. The van der Waals surface area contributed by atoms with E-state index in [4.69, 9.17) is 0 Å². The van der Waals surface area contributed by atoms with Crippen LogP contribution in [0.4, 0.5) is 19.4 Å². The molecule has 1 aliphatic heterocycles. The molecule has 178 valence electrons. The van der Waals surface area contributed by atoms with Crippen molar-refractivity contribution in [2.45, 2.75) is 26.3 Å². The van der Waals surface area contributed by atoms with E-state index in [1.54, 1.807) is 41.4 Å². The molecule has 0 bridgehead atoms. The number of likely N-dealkylation sites (tertiary alicyclic amines) is 1. The van der Waals surface area contributed by atoms with Crippen LogP contribution < -0.4 is 5.32 Å². The smallest absolute Gasteiger partial charge is 0.323 e. The number of benzene rings is 1. The number of urea groups is 1. The lowest BCUT2D eigenvalue weighted by atomic mass is 10.0. The van der Waals surface area contributed by atoms with Crippen LogP contribution >= 0.6 is 0 Å². The van der Waals surface area contributed by atoms with Crippen LogP contribution in [0.1, 0.15) is 30.6 Å². The number of anilines is 1. The van der Waals surface area contributed by atoms with Crippen LogP contribution in [-0.4, -0.2) is 62.9 Å². The van der Waals surface area contributed by atoms with E-state index in [9.17, 15) is 18.4 Å². The number of amides is 3. The van der Waals surface area contributed by atoms with Crippen LogP contribution in [0.15, 0.2) is 55.1 Å². The SMILES string of the molecule is C.CN(C(=O)Nc1cnc(-c2cc(F)cc(F)c2)cn1)C1CCN(C(=O)c2cccnc2)CC1. The van der Waals surface area contributed by atoms with E-state index in [0.29, 0.717) is 31.5 Å². The summed E-state index contributed by atoms with van der Waals surface area (Å²) in [5.74, 6) is -1.27. The number of halogens is 2. The van der Waals surface area contributed by atoms with E-state index in [1.807, 2.05) is 0 Å². The molecule has 1 aliphatic rings. The fourth-order valence-corrected chi connectivity index (χ4v) is 3.74. The average molecular weight is 469 g/mol. The maximum Gasteiger partial charge on any atom is 0.323 e. The summed E-state index contributed by atoms with van der Waals surface area (Å²) < 4.78 is 26.8. The van der Waals surface area contributed by atoms with Crippen LogP contribution in [0, 0.1) is 11.6 Å². The molecule has 1 saturated heterocycles. The maximum atomic E-state index is 13.4. The van der Waals surface area contributed by atoms with Gasteiger partial charge in [0.15, 0.2) is 5.82 Å². The van der Waals surface area contributed by atoms with E-state index in [0.717, 1.165) is 18.2 Å². The van der Waals surface area contributed by atoms with Crippen molar-refractivity contribution in [1.82, 2.24) is 24.8 Å². The molecule has 10 heteroatoms. The molecule has 0 spiro atoms. The zero-order chi connectivity index (χ0) is 23.4. The Labute approximate surface area is 196 Å². The first-order valence-corrected chi connectivity index (χ1v) is 10.4. The van der Waals surface area contributed by atoms with Gasteiger partial charge in [0, 0.05) is 50.2 Å². The summed E-state index contributed by atoms with van der Waals surface area (Å²) >= 11 is 0. The Morgan fingerprint density at radius 3 is 2.35 bits per heavy atom. The van der Waals surface area contributed by atoms with Gasteiger partial charge in [-0.05, 0) is 37.1 Å². The summed E-state index contributed by atoms with van der Waals surface area (Å²) in [5, 5.41) is 2.68. The van der Waals surface area contributed by atoms with E-state index in [2.05, 4.69) is 20.3 Å². The minimum absolute atomic E-state index is 0. The van der Waals surface area contributed by atoms with Crippen molar-refractivity contribution in [2.24, 2.45) is 0 Å². The van der Waals surface area contributed by atoms with Gasteiger partial charge in [-0.25, -0.2) is 18.6 Å². The largest absolute Gasteiger partial charge is 0.338 e. The summed E-state index contributed by atoms with van der Waals surface area (Å²) in [6.45, 7) is 1.07. The van der Waals surface area contributed by atoms with Crippen LogP contribution in [0.25, 0.3) is 11.3 Å². The predicted octanol–water partition coefficient (Wildman–Crippen LogP) is 4.22. The molecular formula is C24H26F2N6O2. The zero-order valence-electron chi connectivity index (χ0n) is 17.9. The lowest BCUT2D eigenvalue weighted by Crippen LogP contribution is -2.48. The molecule has 0 radical (unpaired) electrons. The minimum Gasteiger partial charge on any atom is -0.338 e. The van der Waals surface area contributed by atoms with E-state index in [1.165, 1.54) is 12.4 Å². The molecule has 0 atom stereocenters. The molecule has 4 rings (SSSR count). The Kier molecular flexibility index (Phi) is 7.83. The summed E-state index contributed by atoms with van der Waals surface area (Å²) in [7, 11) is 1.69.